The summed E-state index contributed by atoms with van der Waals surface area (Å²) in [5.41, 5.74) is 6.32. The molecule has 4 nitrogen and oxygen atoms in total. The van der Waals surface area contributed by atoms with Gasteiger partial charge in [0.05, 0.1) is 4.92 Å². The van der Waals surface area contributed by atoms with E-state index in [1.165, 1.54) is 12.1 Å². The second-order valence-corrected chi connectivity index (χ2v) is 3.00. The van der Waals surface area contributed by atoms with Crippen LogP contribution in [0.4, 0.5) is 11.4 Å². The number of hydrogen-bond acceptors (Lipinski definition) is 3. The van der Waals surface area contributed by atoms with E-state index in [4.69, 9.17) is 5.73 Å². The van der Waals surface area contributed by atoms with Crippen LogP contribution in [0, 0.1) is 10.1 Å². The second-order valence-electron chi connectivity index (χ2n) is 3.00. The average Bonchev–Trinajstić information content (AvgIpc) is 2.32. The number of non-ortho nitro benzene ring substituents is 1. The summed E-state index contributed by atoms with van der Waals surface area (Å²) < 4.78 is 0. The predicted molar refractivity (Wildman–Crippen MR) is 77.0 cm³/mol. The standard InChI is InChI=1S/C6H5NO2.C6H7N.ClH.Na/c8-7(9)6-4-2-1-3-5-6;7-6-4-2-1-3-5-6;;/h1-5H;1-5H,7H2;1H;. The van der Waals surface area contributed by atoms with Gasteiger partial charge in [0.2, 0.25) is 0 Å². The quantitative estimate of drug-likeness (QED) is 0.376. The molecule has 0 bridgehead atoms. The molecule has 2 aromatic rings. The van der Waals surface area contributed by atoms with Gasteiger partial charge in [-0.2, -0.15) is 0 Å². The maximum Gasteiger partial charge on any atom is 0.269 e. The van der Waals surface area contributed by atoms with Gasteiger partial charge in [-0.3, -0.25) is 10.1 Å². The molecule has 0 aromatic heterocycles. The van der Waals surface area contributed by atoms with E-state index in [0.717, 1.165) is 5.69 Å². The van der Waals surface area contributed by atoms with Gasteiger partial charge in [0.15, 0.2) is 0 Å². The van der Waals surface area contributed by atoms with E-state index < -0.39 is 4.92 Å². The number of halogens is 1. The van der Waals surface area contributed by atoms with Crippen molar-refractivity contribution in [2.45, 2.75) is 0 Å². The predicted octanol–water partition coefficient (Wildman–Crippen LogP) is 2.90. The molecule has 0 saturated heterocycles. The van der Waals surface area contributed by atoms with Gasteiger partial charge in [-0.15, -0.1) is 12.4 Å². The van der Waals surface area contributed by atoms with Gasteiger partial charge in [0.25, 0.3) is 5.69 Å². The van der Waals surface area contributed by atoms with Crippen molar-refractivity contribution in [3.8, 4) is 0 Å². The van der Waals surface area contributed by atoms with Gasteiger partial charge in [-0.25, -0.2) is 0 Å². The fourth-order valence-electron chi connectivity index (χ4n) is 1.00. The molecule has 2 rings (SSSR count). The Bertz CT molecular complexity index is 440. The fraction of sp³-hybridized carbons (Fsp3) is 0. The zero-order valence-corrected chi connectivity index (χ0v) is 12.8. The smallest absolute Gasteiger partial charge is 0.269 e. The molecule has 0 aliphatic heterocycles. The van der Waals surface area contributed by atoms with E-state index in [-0.39, 0.29) is 47.7 Å². The Morgan fingerprint density at radius 1 is 0.889 bits per heavy atom. The minimum absolute atomic E-state index is 0. The molecule has 2 aromatic carbocycles. The monoisotopic (exact) mass is 275 g/mol. The molecule has 0 amide bonds. The molecule has 0 aliphatic rings. The van der Waals surface area contributed by atoms with Crippen LogP contribution in [0.5, 0.6) is 0 Å². The van der Waals surface area contributed by atoms with E-state index >= 15 is 0 Å². The van der Waals surface area contributed by atoms with Gasteiger partial charge in [-0.05, 0) is 12.1 Å². The van der Waals surface area contributed by atoms with E-state index in [1.807, 2.05) is 30.3 Å². The van der Waals surface area contributed by atoms with E-state index in [0.29, 0.717) is 0 Å². The second kappa shape index (κ2) is 11.0. The number of nitro groups is 1. The molecule has 6 heteroatoms. The minimum atomic E-state index is -0.417. The number of nitrogens with zero attached hydrogens (tertiary/aromatic N) is 1. The van der Waals surface area contributed by atoms with Gasteiger partial charge in [0, 0.05) is 47.4 Å². The number of benzene rings is 2. The summed E-state index contributed by atoms with van der Waals surface area (Å²) >= 11 is 0. The summed E-state index contributed by atoms with van der Waals surface area (Å²) in [6.45, 7) is 0. The van der Waals surface area contributed by atoms with Crippen molar-refractivity contribution in [2.75, 3.05) is 5.73 Å². The van der Waals surface area contributed by atoms with Crippen molar-refractivity contribution in [3.63, 3.8) is 0 Å². The average molecular weight is 276 g/mol. The zero-order valence-electron chi connectivity index (χ0n) is 10.0. The number of nitrogen functional groups attached to an aromatic ring is 1. The molecular formula is C12H13ClN2NaO2. The van der Waals surface area contributed by atoms with Crippen molar-refractivity contribution in [2.24, 2.45) is 0 Å². The summed E-state index contributed by atoms with van der Waals surface area (Å²) in [6.07, 6.45) is 0. The van der Waals surface area contributed by atoms with Crippen molar-refractivity contribution < 1.29 is 4.92 Å². The Labute approximate surface area is 134 Å². The summed E-state index contributed by atoms with van der Waals surface area (Å²) in [6, 6.07) is 17.4. The minimum Gasteiger partial charge on any atom is -0.399 e. The molecule has 0 unspecified atom stereocenters. The van der Waals surface area contributed by atoms with Gasteiger partial charge >= 0.3 is 0 Å². The molecule has 18 heavy (non-hydrogen) atoms. The van der Waals surface area contributed by atoms with Crippen LogP contribution >= 0.6 is 12.4 Å². The number of nitro benzene ring substituents is 1. The Kier molecular flexibility index (Phi) is 11.8. The van der Waals surface area contributed by atoms with Gasteiger partial charge in [-0.1, -0.05) is 36.4 Å². The molecule has 0 heterocycles. The zero-order chi connectivity index (χ0) is 11.8. The summed E-state index contributed by atoms with van der Waals surface area (Å²) in [4.78, 5) is 9.59. The van der Waals surface area contributed by atoms with Crippen LogP contribution < -0.4 is 5.73 Å². The number of nitrogens with two attached hydrogens (primary N) is 1. The van der Waals surface area contributed by atoms with Crippen LogP contribution in [0.3, 0.4) is 0 Å². The topological polar surface area (TPSA) is 69.2 Å². The van der Waals surface area contributed by atoms with Crippen LogP contribution in [0.2, 0.25) is 0 Å². The number of anilines is 1. The van der Waals surface area contributed by atoms with Crippen molar-refractivity contribution >= 4 is 53.3 Å². The molecule has 1 radical (unpaired) electrons. The molecule has 0 fully saturated rings. The van der Waals surface area contributed by atoms with E-state index in [9.17, 15) is 10.1 Å². The number of hydrogen-bond donors (Lipinski definition) is 1. The molecule has 0 aliphatic carbocycles. The van der Waals surface area contributed by atoms with Crippen LogP contribution in [0.1, 0.15) is 0 Å². The first-order chi connectivity index (χ1) is 7.70. The summed E-state index contributed by atoms with van der Waals surface area (Å²) in [5.74, 6) is 0. The molecular weight excluding hydrogens is 263 g/mol. The van der Waals surface area contributed by atoms with Crippen molar-refractivity contribution in [1.29, 1.82) is 0 Å². The Balaban J connectivity index is 0. The van der Waals surface area contributed by atoms with Crippen molar-refractivity contribution in [3.05, 3.63) is 70.8 Å². The molecule has 2 N–H and O–H groups in total. The fourth-order valence-corrected chi connectivity index (χ4v) is 1.00. The third-order valence-electron chi connectivity index (χ3n) is 1.77. The van der Waals surface area contributed by atoms with Crippen LogP contribution in [-0.4, -0.2) is 34.5 Å². The first kappa shape index (κ1) is 19.3. The van der Waals surface area contributed by atoms with Crippen LogP contribution in [0.15, 0.2) is 60.7 Å². The third-order valence-corrected chi connectivity index (χ3v) is 1.77. The van der Waals surface area contributed by atoms with E-state index in [2.05, 4.69) is 0 Å². The Morgan fingerprint density at radius 2 is 1.28 bits per heavy atom. The normalized spacial score (nSPS) is 7.78. The van der Waals surface area contributed by atoms with Gasteiger partial charge < -0.3 is 5.73 Å². The third kappa shape index (κ3) is 8.08. The first-order valence-corrected chi connectivity index (χ1v) is 4.70. The first-order valence-electron chi connectivity index (χ1n) is 4.70. The molecule has 91 valence electrons. The van der Waals surface area contributed by atoms with Crippen LogP contribution in [0.25, 0.3) is 0 Å². The number of para-hydroxylation sites is 2. The SMILES string of the molecule is Cl.Nc1ccccc1.O=[N+]([O-])c1ccccc1.[Na]. The van der Waals surface area contributed by atoms with Crippen molar-refractivity contribution in [1.82, 2.24) is 0 Å². The molecule has 0 atom stereocenters. The van der Waals surface area contributed by atoms with Crippen LogP contribution in [-0.2, 0) is 0 Å². The summed E-state index contributed by atoms with van der Waals surface area (Å²) in [5, 5.41) is 10.0. The number of rotatable bonds is 1. The molecule has 0 saturated carbocycles. The largest absolute Gasteiger partial charge is 0.399 e. The summed E-state index contributed by atoms with van der Waals surface area (Å²) in [7, 11) is 0. The maximum atomic E-state index is 10.0. The van der Waals surface area contributed by atoms with Gasteiger partial charge in [0.1, 0.15) is 0 Å². The Hall–Kier alpha value is -1.07. The Morgan fingerprint density at radius 3 is 1.50 bits per heavy atom. The van der Waals surface area contributed by atoms with E-state index in [1.54, 1.807) is 18.2 Å². The maximum absolute atomic E-state index is 10.0. The molecule has 0 spiro atoms.